The summed E-state index contributed by atoms with van der Waals surface area (Å²) in [6.45, 7) is 9.22. The summed E-state index contributed by atoms with van der Waals surface area (Å²) in [6, 6.07) is 0.375. The maximum Gasteiger partial charge on any atom is 0.237 e. The van der Waals surface area contributed by atoms with Crippen LogP contribution in [0, 0.1) is 5.41 Å². The summed E-state index contributed by atoms with van der Waals surface area (Å²) < 4.78 is 0. The fraction of sp³-hybridized carbons (Fsp3) is 0.923. The Hall–Kier alpha value is -0.610. The molecule has 0 bridgehead atoms. The molecule has 17 heavy (non-hydrogen) atoms. The van der Waals surface area contributed by atoms with Gasteiger partial charge in [0.2, 0.25) is 5.91 Å². The Kier molecular flexibility index (Phi) is 4.55. The second-order valence-corrected chi connectivity index (χ2v) is 6.40. The van der Waals surface area contributed by atoms with Crippen LogP contribution < -0.4 is 11.1 Å². The molecule has 0 aromatic rings. The third-order valence-corrected chi connectivity index (χ3v) is 3.77. The second-order valence-electron chi connectivity index (χ2n) is 6.40. The summed E-state index contributed by atoms with van der Waals surface area (Å²) in [7, 11) is 2.13. The van der Waals surface area contributed by atoms with Crippen molar-refractivity contribution in [1.29, 1.82) is 0 Å². The molecule has 3 N–H and O–H groups in total. The Labute approximate surface area is 105 Å². The van der Waals surface area contributed by atoms with Crippen molar-refractivity contribution >= 4 is 5.91 Å². The monoisotopic (exact) mass is 241 g/mol. The number of hydrogen-bond acceptors (Lipinski definition) is 3. The van der Waals surface area contributed by atoms with Gasteiger partial charge in [0.05, 0.1) is 6.04 Å². The molecule has 0 radical (unpaired) electrons. The third-order valence-electron chi connectivity index (χ3n) is 3.77. The van der Waals surface area contributed by atoms with Gasteiger partial charge < -0.3 is 16.0 Å². The highest BCUT2D eigenvalue weighted by Crippen LogP contribution is 2.19. The lowest BCUT2D eigenvalue weighted by Crippen LogP contribution is -2.54. The molecule has 1 rings (SSSR count). The van der Waals surface area contributed by atoms with Crippen LogP contribution in [0.1, 0.15) is 40.5 Å². The lowest BCUT2D eigenvalue weighted by atomic mass is 9.86. The summed E-state index contributed by atoms with van der Waals surface area (Å²) in [5.74, 6) is -0.0146. The average Bonchev–Trinajstić information content (AvgIpc) is 2.21. The minimum atomic E-state index is -0.433. The molecule has 4 nitrogen and oxygen atoms in total. The standard InChI is InChI=1S/C13H27N3O/c1-9-8-10(6-7-16(9)5)15-12(17)11(14)13(2,3)4/h9-11H,6-8,14H2,1-5H3,(H,15,17)/t9?,10?,11-/m0/s1. The molecule has 3 atom stereocenters. The molecular weight excluding hydrogens is 214 g/mol. The lowest BCUT2D eigenvalue weighted by molar-refractivity contribution is -0.125. The van der Waals surface area contributed by atoms with Gasteiger partial charge in [0.25, 0.3) is 0 Å². The summed E-state index contributed by atoms with van der Waals surface area (Å²) in [5, 5.41) is 3.09. The highest BCUT2D eigenvalue weighted by atomic mass is 16.2. The predicted molar refractivity (Wildman–Crippen MR) is 70.7 cm³/mol. The first-order valence-electron chi connectivity index (χ1n) is 6.48. The van der Waals surface area contributed by atoms with Gasteiger partial charge in [-0.25, -0.2) is 0 Å². The van der Waals surface area contributed by atoms with Crippen molar-refractivity contribution in [2.45, 2.75) is 58.7 Å². The molecule has 1 amide bonds. The number of nitrogens with zero attached hydrogens (tertiary/aromatic N) is 1. The van der Waals surface area contributed by atoms with E-state index in [-0.39, 0.29) is 17.4 Å². The molecule has 100 valence electrons. The first-order chi connectivity index (χ1) is 7.71. The number of hydrogen-bond donors (Lipinski definition) is 2. The van der Waals surface area contributed by atoms with Crippen molar-refractivity contribution in [3.63, 3.8) is 0 Å². The van der Waals surface area contributed by atoms with Crippen LogP contribution in [-0.4, -0.2) is 42.5 Å². The smallest absolute Gasteiger partial charge is 0.237 e. The van der Waals surface area contributed by atoms with E-state index in [1.807, 2.05) is 20.8 Å². The summed E-state index contributed by atoms with van der Waals surface area (Å²) in [5.41, 5.74) is 5.77. The molecule has 0 spiro atoms. The van der Waals surface area contributed by atoms with Crippen LogP contribution in [0.15, 0.2) is 0 Å². The van der Waals surface area contributed by atoms with E-state index in [1.54, 1.807) is 0 Å². The largest absolute Gasteiger partial charge is 0.352 e. The van der Waals surface area contributed by atoms with Crippen LogP contribution in [0.25, 0.3) is 0 Å². The van der Waals surface area contributed by atoms with Crippen LogP contribution in [0.3, 0.4) is 0 Å². The number of rotatable bonds is 2. The normalized spacial score (nSPS) is 28.8. The average molecular weight is 241 g/mol. The number of nitrogens with one attached hydrogen (secondary N) is 1. The molecule has 0 aliphatic carbocycles. The Morgan fingerprint density at radius 2 is 2.06 bits per heavy atom. The first-order valence-corrected chi connectivity index (χ1v) is 6.48. The Balaban J connectivity index is 2.47. The third kappa shape index (κ3) is 3.96. The zero-order chi connectivity index (χ0) is 13.2. The molecule has 1 aliphatic heterocycles. The topological polar surface area (TPSA) is 58.4 Å². The molecule has 1 aliphatic rings. The van der Waals surface area contributed by atoms with Crippen LogP contribution in [0.2, 0.25) is 0 Å². The van der Waals surface area contributed by atoms with E-state index in [0.717, 1.165) is 19.4 Å². The maximum absolute atomic E-state index is 12.0. The molecule has 4 heteroatoms. The number of nitrogens with two attached hydrogens (primary N) is 1. The second kappa shape index (κ2) is 5.36. The van der Waals surface area contributed by atoms with Gasteiger partial charge in [-0.05, 0) is 32.2 Å². The van der Waals surface area contributed by atoms with Gasteiger partial charge in [-0.1, -0.05) is 20.8 Å². The first kappa shape index (κ1) is 14.5. The minimum Gasteiger partial charge on any atom is -0.352 e. The van der Waals surface area contributed by atoms with Gasteiger partial charge >= 0.3 is 0 Å². The molecule has 0 aromatic carbocycles. The molecule has 1 saturated heterocycles. The quantitative estimate of drug-likeness (QED) is 0.757. The molecule has 1 fully saturated rings. The van der Waals surface area contributed by atoms with Crippen molar-refractivity contribution in [3.05, 3.63) is 0 Å². The number of piperidine rings is 1. The van der Waals surface area contributed by atoms with Crippen LogP contribution in [0.5, 0.6) is 0 Å². The van der Waals surface area contributed by atoms with Crippen LogP contribution >= 0.6 is 0 Å². The Morgan fingerprint density at radius 3 is 2.53 bits per heavy atom. The number of likely N-dealkylation sites (tertiary alicyclic amines) is 1. The predicted octanol–water partition coefficient (Wildman–Crippen LogP) is 0.959. The zero-order valence-electron chi connectivity index (χ0n) is 11.8. The van der Waals surface area contributed by atoms with Crippen molar-refractivity contribution in [2.24, 2.45) is 11.1 Å². The Bertz CT molecular complexity index is 272. The van der Waals surface area contributed by atoms with Gasteiger partial charge in [-0.3, -0.25) is 4.79 Å². The fourth-order valence-electron chi connectivity index (χ4n) is 2.10. The van der Waals surface area contributed by atoms with E-state index in [2.05, 4.69) is 24.2 Å². The number of carbonyl (C=O) groups is 1. The van der Waals surface area contributed by atoms with Crippen molar-refractivity contribution in [3.8, 4) is 0 Å². The van der Waals surface area contributed by atoms with E-state index in [4.69, 9.17) is 5.73 Å². The maximum atomic E-state index is 12.0. The zero-order valence-corrected chi connectivity index (χ0v) is 11.8. The fourth-order valence-corrected chi connectivity index (χ4v) is 2.10. The summed E-state index contributed by atoms with van der Waals surface area (Å²) >= 11 is 0. The van der Waals surface area contributed by atoms with E-state index in [9.17, 15) is 4.79 Å². The summed E-state index contributed by atoms with van der Waals surface area (Å²) in [6.07, 6.45) is 2.03. The highest BCUT2D eigenvalue weighted by molar-refractivity contribution is 5.82. The van der Waals surface area contributed by atoms with Crippen molar-refractivity contribution in [2.75, 3.05) is 13.6 Å². The van der Waals surface area contributed by atoms with Crippen molar-refractivity contribution < 1.29 is 4.79 Å². The summed E-state index contributed by atoms with van der Waals surface area (Å²) in [4.78, 5) is 14.3. The van der Waals surface area contributed by atoms with Gasteiger partial charge in [-0.15, -0.1) is 0 Å². The van der Waals surface area contributed by atoms with Gasteiger partial charge in [0, 0.05) is 18.6 Å². The van der Waals surface area contributed by atoms with Crippen LogP contribution in [0.4, 0.5) is 0 Å². The lowest BCUT2D eigenvalue weighted by Gasteiger charge is -2.36. The van der Waals surface area contributed by atoms with E-state index < -0.39 is 6.04 Å². The molecule has 0 aromatic heterocycles. The van der Waals surface area contributed by atoms with E-state index in [1.165, 1.54) is 0 Å². The SMILES string of the molecule is CC1CC(NC(=O)[C@H](N)C(C)(C)C)CCN1C. The number of amides is 1. The molecule has 1 heterocycles. The van der Waals surface area contributed by atoms with E-state index in [0.29, 0.717) is 6.04 Å². The van der Waals surface area contributed by atoms with Crippen molar-refractivity contribution in [1.82, 2.24) is 10.2 Å². The molecular formula is C13H27N3O. The molecule has 0 saturated carbocycles. The van der Waals surface area contributed by atoms with E-state index >= 15 is 0 Å². The van der Waals surface area contributed by atoms with Gasteiger partial charge in [0.15, 0.2) is 0 Å². The highest BCUT2D eigenvalue weighted by Gasteiger charge is 2.30. The number of carbonyl (C=O) groups excluding carboxylic acids is 1. The van der Waals surface area contributed by atoms with Gasteiger partial charge in [-0.2, -0.15) is 0 Å². The minimum absolute atomic E-state index is 0.0146. The van der Waals surface area contributed by atoms with Gasteiger partial charge in [0.1, 0.15) is 0 Å². The molecule has 2 unspecified atom stereocenters. The van der Waals surface area contributed by atoms with Crippen LogP contribution in [-0.2, 0) is 4.79 Å². The Morgan fingerprint density at radius 1 is 1.47 bits per heavy atom.